The van der Waals surface area contributed by atoms with Crippen molar-refractivity contribution in [2.45, 2.75) is 18.9 Å². The van der Waals surface area contributed by atoms with Gasteiger partial charge in [-0.1, -0.05) is 0 Å². The molecule has 134 valence electrons. The van der Waals surface area contributed by atoms with Gasteiger partial charge in [0.15, 0.2) is 9.84 Å². The van der Waals surface area contributed by atoms with E-state index < -0.39 is 9.84 Å². The summed E-state index contributed by atoms with van der Waals surface area (Å²) in [4.78, 5) is 18.5. The Morgan fingerprint density at radius 1 is 1.36 bits per heavy atom. The Labute approximate surface area is 151 Å². The lowest BCUT2D eigenvalue weighted by Gasteiger charge is -2.23. The number of methoxy groups -OCH3 is 1. The van der Waals surface area contributed by atoms with Gasteiger partial charge in [-0.15, -0.1) is 11.3 Å². The van der Waals surface area contributed by atoms with Gasteiger partial charge in [0, 0.05) is 24.0 Å². The predicted octanol–water partition coefficient (Wildman–Crippen LogP) is 2.01. The molecule has 2 heterocycles. The van der Waals surface area contributed by atoms with Crippen LogP contribution in [0.1, 0.15) is 12.1 Å². The van der Waals surface area contributed by atoms with Crippen molar-refractivity contribution in [3.05, 3.63) is 35.3 Å². The van der Waals surface area contributed by atoms with Gasteiger partial charge in [-0.25, -0.2) is 13.4 Å². The number of hydrogen-bond donors (Lipinski definition) is 0. The first-order valence-electron chi connectivity index (χ1n) is 7.93. The molecule has 8 heteroatoms. The molecule has 0 aliphatic carbocycles. The minimum absolute atomic E-state index is 0.0589. The third-order valence-corrected chi connectivity index (χ3v) is 7.06. The van der Waals surface area contributed by atoms with E-state index in [1.165, 1.54) is 11.3 Å². The van der Waals surface area contributed by atoms with Crippen LogP contribution in [0.4, 0.5) is 0 Å². The van der Waals surface area contributed by atoms with Crippen LogP contribution >= 0.6 is 11.3 Å². The fourth-order valence-corrected chi connectivity index (χ4v) is 5.42. The average molecular weight is 380 g/mol. The zero-order valence-electron chi connectivity index (χ0n) is 14.1. The van der Waals surface area contributed by atoms with Crippen molar-refractivity contribution in [3.63, 3.8) is 0 Å². The van der Waals surface area contributed by atoms with Crippen LogP contribution in [-0.2, 0) is 21.1 Å². The molecule has 0 radical (unpaired) electrons. The number of thiazole rings is 1. The van der Waals surface area contributed by atoms with E-state index in [0.717, 1.165) is 16.3 Å². The Hall–Kier alpha value is -1.93. The van der Waals surface area contributed by atoms with Gasteiger partial charge < -0.3 is 9.64 Å². The average Bonchev–Trinajstić information content (AvgIpc) is 3.20. The number of likely N-dealkylation sites (N-methyl/N-ethyl adjacent to an activating group) is 1. The normalized spacial score (nSPS) is 18.9. The maximum atomic E-state index is 12.4. The Balaban J connectivity index is 1.65. The first-order chi connectivity index (χ1) is 11.9. The van der Waals surface area contributed by atoms with Crippen LogP contribution in [0.5, 0.6) is 5.75 Å². The Bertz CT molecular complexity index is 859. The van der Waals surface area contributed by atoms with Gasteiger partial charge in [-0.3, -0.25) is 4.79 Å². The summed E-state index contributed by atoms with van der Waals surface area (Å²) in [5.74, 6) is 0.898. The third kappa shape index (κ3) is 4.19. The maximum Gasteiger partial charge on any atom is 0.228 e. The van der Waals surface area contributed by atoms with Crippen LogP contribution in [0.15, 0.2) is 29.6 Å². The summed E-state index contributed by atoms with van der Waals surface area (Å²) >= 11 is 1.48. The summed E-state index contributed by atoms with van der Waals surface area (Å²) in [5.41, 5.74) is 1.67. The lowest BCUT2D eigenvalue weighted by atomic mass is 10.2. The number of ether oxygens (including phenoxy) is 1. The Kier molecular flexibility index (Phi) is 5.10. The molecule has 25 heavy (non-hydrogen) atoms. The van der Waals surface area contributed by atoms with Gasteiger partial charge in [-0.2, -0.15) is 0 Å². The molecular formula is C17H20N2O4S2. The molecule has 0 N–H and O–H groups in total. The number of aromatic nitrogens is 1. The fraction of sp³-hybridized carbons (Fsp3) is 0.412. The van der Waals surface area contributed by atoms with Crippen molar-refractivity contribution in [2.75, 3.05) is 25.7 Å². The topological polar surface area (TPSA) is 76.6 Å². The van der Waals surface area contributed by atoms with Crippen LogP contribution in [0.2, 0.25) is 0 Å². The van der Waals surface area contributed by atoms with Crippen molar-refractivity contribution in [3.8, 4) is 16.3 Å². The molecule has 1 aliphatic rings. The number of sulfone groups is 1. The van der Waals surface area contributed by atoms with Crippen molar-refractivity contribution in [2.24, 2.45) is 0 Å². The van der Waals surface area contributed by atoms with E-state index in [1.807, 2.05) is 29.6 Å². The fourth-order valence-electron chi connectivity index (χ4n) is 2.82. The highest BCUT2D eigenvalue weighted by atomic mass is 32.2. The van der Waals surface area contributed by atoms with E-state index in [0.29, 0.717) is 12.1 Å². The van der Waals surface area contributed by atoms with Crippen LogP contribution in [0.25, 0.3) is 10.6 Å². The van der Waals surface area contributed by atoms with Crippen molar-refractivity contribution < 1.29 is 17.9 Å². The smallest absolute Gasteiger partial charge is 0.228 e. The largest absolute Gasteiger partial charge is 0.497 e. The van der Waals surface area contributed by atoms with Gasteiger partial charge in [0.2, 0.25) is 5.91 Å². The number of hydrogen-bond acceptors (Lipinski definition) is 6. The highest BCUT2D eigenvalue weighted by molar-refractivity contribution is 7.91. The Morgan fingerprint density at radius 3 is 2.68 bits per heavy atom. The molecule has 2 aromatic rings. The Morgan fingerprint density at radius 2 is 2.08 bits per heavy atom. The van der Waals surface area contributed by atoms with Crippen LogP contribution < -0.4 is 4.74 Å². The lowest BCUT2D eigenvalue weighted by molar-refractivity contribution is -0.130. The van der Waals surface area contributed by atoms with Crippen molar-refractivity contribution in [1.29, 1.82) is 0 Å². The lowest BCUT2D eigenvalue weighted by Crippen LogP contribution is -2.38. The zero-order valence-corrected chi connectivity index (χ0v) is 15.8. The molecular weight excluding hydrogens is 360 g/mol. The number of amides is 1. The van der Waals surface area contributed by atoms with Crippen LogP contribution in [-0.4, -0.2) is 55.9 Å². The molecule has 6 nitrogen and oxygen atoms in total. The molecule has 1 fully saturated rings. The third-order valence-electron chi connectivity index (χ3n) is 4.37. The molecule has 1 unspecified atom stereocenters. The zero-order chi connectivity index (χ0) is 18.0. The van der Waals surface area contributed by atoms with Gasteiger partial charge in [0.25, 0.3) is 0 Å². The molecule has 0 saturated carbocycles. The minimum Gasteiger partial charge on any atom is -0.497 e. The van der Waals surface area contributed by atoms with Gasteiger partial charge >= 0.3 is 0 Å². The van der Waals surface area contributed by atoms with Crippen molar-refractivity contribution >= 4 is 27.1 Å². The summed E-state index contributed by atoms with van der Waals surface area (Å²) in [6.07, 6.45) is 0.693. The summed E-state index contributed by atoms with van der Waals surface area (Å²) in [6.45, 7) is 0. The number of benzene rings is 1. The number of carbonyl (C=O) groups excluding carboxylic acids is 1. The SMILES string of the molecule is COc1ccc(-c2nc(CC(=O)N(C)C3CCS(=O)(=O)C3)cs2)cc1. The van der Waals surface area contributed by atoms with Gasteiger partial charge in [0.1, 0.15) is 10.8 Å². The van der Waals surface area contributed by atoms with E-state index in [9.17, 15) is 13.2 Å². The molecule has 1 aromatic carbocycles. The highest BCUT2D eigenvalue weighted by Crippen LogP contribution is 2.26. The predicted molar refractivity (Wildman–Crippen MR) is 97.6 cm³/mol. The maximum absolute atomic E-state index is 12.4. The first-order valence-corrected chi connectivity index (χ1v) is 10.6. The first kappa shape index (κ1) is 17.9. The van der Waals surface area contributed by atoms with Crippen LogP contribution in [0, 0.1) is 0 Å². The molecule has 0 bridgehead atoms. The highest BCUT2D eigenvalue weighted by Gasteiger charge is 2.32. The van der Waals surface area contributed by atoms with E-state index in [4.69, 9.17) is 4.74 Å². The van der Waals surface area contributed by atoms with Gasteiger partial charge in [0.05, 0.1) is 30.7 Å². The molecule has 1 aromatic heterocycles. The summed E-state index contributed by atoms with van der Waals surface area (Å²) in [6, 6.07) is 7.38. The van der Waals surface area contributed by atoms with E-state index >= 15 is 0 Å². The second-order valence-corrected chi connectivity index (χ2v) is 9.20. The second kappa shape index (κ2) is 7.13. The van der Waals surface area contributed by atoms with Crippen molar-refractivity contribution in [1.82, 2.24) is 9.88 Å². The molecule has 1 aliphatic heterocycles. The van der Waals surface area contributed by atoms with E-state index in [-0.39, 0.29) is 29.9 Å². The summed E-state index contributed by atoms with van der Waals surface area (Å²) in [5, 5.41) is 2.72. The summed E-state index contributed by atoms with van der Waals surface area (Å²) < 4.78 is 28.3. The number of rotatable bonds is 5. The monoisotopic (exact) mass is 380 g/mol. The summed E-state index contributed by atoms with van der Waals surface area (Å²) in [7, 11) is 0.288. The molecule has 3 rings (SSSR count). The standard InChI is InChI=1S/C17H20N2O4S2/c1-19(14-7-8-25(21,22)11-14)16(20)9-13-10-24-17(18-13)12-3-5-15(23-2)6-4-12/h3-6,10,14H,7-9,11H2,1-2H3. The molecule has 0 spiro atoms. The minimum atomic E-state index is -3.00. The molecule has 1 saturated heterocycles. The second-order valence-electron chi connectivity index (χ2n) is 6.11. The quantitative estimate of drug-likeness (QED) is 0.793. The van der Waals surface area contributed by atoms with E-state index in [1.54, 1.807) is 19.1 Å². The van der Waals surface area contributed by atoms with Crippen LogP contribution in [0.3, 0.4) is 0 Å². The molecule has 1 atom stereocenters. The molecule has 1 amide bonds. The number of nitrogens with zero attached hydrogens (tertiary/aromatic N) is 2. The van der Waals surface area contributed by atoms with E-state index in [2.05, 4.69) is 4.98 Å². The number of carbonyl (C=O) groups is 1. The van der Waals surface area contributed by atoms with Gasteiger partial charge in [-0.05, 0) is 30.7 Å².